The van der Waals surface area contributed by atoms with Gasteiger partial charge in [-0.1, -0.05) is 12.8 Å². The summed E-state index contributed by atoms with van der Waals surface area (Å²) >= 11 is 12.6. The molecule has 0 aromatic rings. The first-order valence-corrected chi connectivity index (χ1v) is 13.7. The van der Waals surface area contributed by atoms with Crippen LogP contribution in [0.4, 0.5) is 0 Å². The van der Waals surface area contributed by atoms with E-state index in [2.05, 4.69) is 16.0 Å². The Morgan fingerprint density at radius 2 is 1.72 bits per heavy atom. The highest BCUT2D eigenvalue weighted by molar-refractivity contribution is 6.24. The average molecular weight is 488 g/mol. The van der Waals surface area contributed by atoms with Gasteiger partial charge in [0.1, 0.15) is 0 Å². The number of nitrogens with zero attached hydrogens (tertiary/aromatic N) is 1. The summed E-state index contributed by atoms with van der Waals surface area (Å²) in [6, 6.07) is 0.495. The van der Waals surface area contributed by atoms with Crippen LogP contribution < -0.4 is 16.0 Å². The van der Waals surface area contributed by atoms with E-state index in [1.54, 1.807) is 0 Å². The summed E-state index contributed by atoms with van der Waals surface area (Å²) in [5.74, 6) is 1.73. The molecule has 6 nitrogen and oxygen atoms in total. The Kier molecular flexibility index (Phi) is 9.00. The van der Waals surface area contributed by atoms with Crippen molar-refractivity contribution in [2.45, 2.75) is 87.0 Å². The van der Waals surface area contributed by atoms with Gasteiger partial charge >= 0.3 is 0 Å². The normalized spacial score (nSPS) is 36.0. The van der Waals surface area contributed by atoms with Crippen LogP contribution in [0.5, 0.6) is 0 Å². The number of fused-ring (bicyclic) bond motifs is 1. The van der Waals surface area contributed by atoms with Gasteiger partial charge in [-0.05, 0) is 76.3 Å². The van der Waals surface area contributed by atoms with Crippen LogP contribution in [0.1, 0.15) is 64.2 Å². The third-order valence-electron chi connectivity index (χ3n) is 8.08. The van der Waals surface area contributed by atoms with Crippen LogP contribution in [0.15, 0.2) is 0 Å². The number of amides is 2. The molecule has 4 aliphatic rings. The van der Waals surface area contributed by atoms with Gasteiger partial charge < -0.3 is 20.9 Å². The highest BCUT2D eigenvalue weighted by Gasteiger charge is 2.38. The zero-order chi connectivity index (χ0) is 22.5. The number of unbranched alkanes of at least 4 members (excludes halogenated alkanes) is 1. The van der Waals surface area contributed by atoms with Gasteiger partial charge in [-0.25, -0.2) is 0 Å². The molecule has 182 valence electrons. The lowest BCUT2D eigenvalue weighted by atomic mass is 9.86. The Hall–Kier alpha value is -0.560. The van der Waals surface area contributed by atoms with Crippen molar-refractivity contribution >= 4 is 35.0 Å². The van der Waals surface area contributed by atoms with Crippen molar-refractivity contribution in [2.75, 3.05) is 32.7 Å². The number of hydrogen-bond acceptors (Lipinski definition) is 4. The molecule has 0 aromatic carbocycles. The van der Waals surface area contributed by atoms with Gasteiger partial charge in [0.15, 0.2) is 0 Å². The molecule has 3 N–H and O–H groups in total. The summed E-state index contributed by atoms with van der Waals surface area (Å²) < 4.78 is 0. The molecule has 3 saturated heterocycles. The number of carbonyl (C=O) groups excluding carboxylic acids is 2. The van der Waals surface area contributed by atoms with Crippen molar-refractivity contribution in [3.63, 3.8) is 0 Å². The summed E-state index contributed by atoms with van der Waals surface area (Å²) in [5.41, 5.74) is 0. The molecule has 32 heavy (non-hydrogen) atoms. The third kappa shape index (κ3) is 6.52. The van der Waals surface area contributed by atoms with Crippen LogP contribution in [-0.4, -0.2) is 72.3 Å². The zero-order valence-electron chi connectivity index (χ0n) is 19.2. The molecule has 1 aliphatic carbocycles. The lowest BCUT2D eigenvalue weighted by Crippen LogP contribution is -2.45. The molecule has 3 heterocycles. The molecule has 5 unspecified atom stereocenters. The summed E-state index contributed by atoms with van der Waals surface area (Å²) in [6.07, 6.45) is 9.95. The summed E-state index contributed by atoms with van der Waals surface area (Å²) in [5, 5.41) is 10.2. The highest BCUT2D eigenvalue weighted by Crippen LogP contribution is 2.33. The van der Waals surface area contributed by atoms with Gasteiger partial charge in [0, 0.05) is 42.3 Å². The van der Waals surface area contributed by atoms with Gasteiger partial charge in [-0.15, -0.1) is 23.2 Å². The van der Waals surface area contributed by atoms with Crippen LogP contribution in [0, 0.1) is 17.8 Å². The first-order chi connectivity index (χ1) is 15.5. The Morgan fingerprint density at radius 1 is 0.969 bits per heavy atom. The molecule has 0 aromatic heterocycles. The molecule has 4 rings (SSSR count). The molecule has 0 spiro atoms. The van der Waals surface area contributed by atoms with E-state index in [0.29, 0.717) is 17.9 Å². The molecular formula is C24H40Cl2N4O2. The van der Waals surface area contributed by atoms with Gasteiger partial charge in [-0.2, -0.15) is 0 Å². The number of piperidine rings is 2. The monoisotopic (exact) mass is 486 g/mol. The van der Waals surface area contributed by atoms with Gasteiger partial charge in [-0.3, -0.25) is 9.59 Å². The van der Waals surface area contributed by atoms with E-state index in [9.17, 15) is 9.59 Å². The molecule has 1 saturated carbocycles. The predicted octanol–water partition coefficient (Wildman–Crippen LogP) is 2.87. The fourth-order valence-electron chi connectivity index (χ4n) is 6.18. The van der Waals surface area contributed by atoms with Gasteiger partial charge in [0.05, 0.1) is 6.04 Å². The fraction of sp³-hybridized carbons (Fsp3) is 0.917. The van der Waals surface area contributed by atoms with Gasteiger partial charge in [0.2, 0.25) is 11.8 Å². The van der Waals surface area contributed by atoms with Crippen LogP contribution in [-0.2, 0) is 9.59 Å². The number of carbonyl (C=O) groups is 2. The lowest BCUT2D eigenvalue weighted by molar-refractivity contribution is -0.138. The van der Waals surface area contributed by atoms with Crippen molar-refractivity contribution in [3.05, 3.63) is 0 Å². The van der Waals surface area contributed by atoms with E-state index < -0.39 is 0 Å². The molecule has 2 amide bonds. The second-order valence-electron chi connectivity index (χ2n) is 10.5. The lowest BCUT2D eigenvalue weighted by Gasteiger charge is -2.36. The number of nitrogens with one attached hydrogen (secondary N) is 3. The van der Waals surface area contributed by atoms with E-state index in [-0.39, 0.29) is 34.5 Å². The standard InChI is InChI=1S/C24H40Cl2N4O2/c25-19-11-17(12-20(26)14-19)24(32)30-9-5-16(6-10-30)3-1-2-7-28-23(31)22-13-18-15-27-8-4-21(18)29-22/h16-22,27,29H,1-15H2,(H,28,31). The first-order valence-electron chi connectivity index (χ1n) is 12.8. The average Bonchev–Trinajstić information content (AvgIpc) is 3.22. The van der Waals surface area contributed by atoms with E-state index in [1.807, 2.05) is 4.90 Å². The van der Waals surface area contributed by atoms with Crippen molar-refractivity contribution in [1.82, 2.24) is 20.9 Å². The topological polar surface area (TPSA) is 73.5 Å². The Morgan fingerprint density at radius 3 is 2.44 bits per heavy atom. The number of halogens is 2. The molecule has 0 bridgehead atoms. The highest BCUT2D eigenvalue weighted by atomic mass is 35.5. The third-order valence-corrected chi connectivity index (χ3v) is 8.80. The van der Waals surface area contributed by atoms with Crippen molar-refractivity contribution in [1.29, 1.82) is 0 Å². The molecule has 0 radical (unpaired) electrons. The Labute approximate surface area is 202 Å². The number of alkyl halides is 2. The minimum Gasteiger partial charge on any atom is -0.355 e. The maximum atomic E-state index is 12.9. The van der Waals surface area contributed by atoms with Gasteiger partial charge in [0.25, 0.3) is 0 Å². The SMILES string of the molecule is O=C(NCCCCC1CCN(C(=O)C2CC(Cl)CC(Cl)C2)CC1)C1CC2CNCCC2N1. The zero-order valence-corrected chi connectivity index (χ0v) is 20.7. The summed E-state index contributed by atoms with van der Waals surface area (Å²) in [4.78, 5) is 27.4. The molecule has 8 heteroatoms. The number of likely N-dealkylation sites (tertiary alicyclic amines) is 1. The van der Waals surface area contributed by atoms with Crippen molar-refractivity contribution in [2.24, 2.45) is 17.8 Å². The predicted molar refractivity (Wildman–Crippen MR) is 129 cm³/mol. The largest absolute Gasteiger partial charge is 0.355 e. The quantitative estimate of drug-likeness (QED) is 0.382. The Balaban J connectivity index is 1.06. The fourth-order valence-corrected chi connectivity index (χ4v) is 7.13. The molecule has 5 atom stereocenters. The molecule has 3 aliphatic heterocycles. The van der Waals surface area contributed by atoms with Crippen LogP contribution in [0.25, 0.3) is 0 Å². The second kappa shape index (κ2) is 11.7. The van der Waals surface area contributed by atoms with E-state index >= 15 is 0 Å². The van der Waals surface area contributed by atoms with Crippen molar-refractivity contribution in [3.8, 4) is 0 Å². The summed E-state index contributed by atoms with van der Waals surface area (Å²) in [7, 11) is 0. The summed E-state index contributed by atoms with van der Waals surface area (Å²) in [6.45, 7) is 4.58. The van der Waals surface area contributed by atoms with Crippen LogP contribution >= 0.6 is 23.2 Å². The number of hydrogen-bond donors (Lipinski definition) is 3. The second-order valence-corrected chi connectivity index (χ2v) is 11.7. The Bertz CT molecular complexity index is 619. The molecule has 4 fully saturated rings. The first kappa shape index (κ1) is 24.6. The van der Waals surface area contributed by atoms with Crippen LogP contribution in [0.3, 0.4) is 0 Å². The smallest absolute Gasteiger partial charge is 0.237 e. The maximum absolute atomic E-state index is 12.9. The minimum atomic E-state index is -0.0147. The minimum absolute atomic E-state index is 0.00322. The van der Waals surface area contributed by atoms with Crippen LogP contribution in [0.2, 0.25) is 0 Å². The maximum Gasteiger partial charge on any atom is 0.237 e. The van der Waals surface area contributed by atoms with E-state index in [4.69, 9.17) is 23.2 Å². The van der Waals surface area contributed by atoms with E-state index in [1.165, 1.54) is 6.42 Å². The van der Waals surface area contributed by atoms with E-state index in [0.717, 1.165) is 90.5 Å². The van der Waals surface area contributed by atoms with Crippen molar-refractivity contribution < 1.29 is 9.59 Å². The number of rotatable bonds is 7. The molecular weight excluding hydrogens is 447 g/mol.